The molecule has 0 aliphatic carbocycles. The molecule has 0 heterocycles. The Kier molecular flexibility index (Phi) is 8.33. The lowest BCUT2D eigenvalue weighted by atomic mass is 10.1. The van der Waals surface area contributed by atoms with Gasteiger partial charge in [0.15, 0.2) is 0 Å². The third-order valence-electron chi connectivity index (χ3n) is 4.55. The van der Waals surface area contributed by atoms with E-state index in [1.807, 2.05) is 56.3 Å². The molecule has 0 saturated heterocycles. The lowest BCUT2D eigenvalue weighted by Crippen LogP contribution is -2.49. The third kappa shape index (κ3) is 5.73. The summed E-state index contributed by atoms with van der Waals surface area (Å²) in [6.45, 7) is 4.56. The number of rotatable bonds is 9. The second-order valence-corrected chi connectivity index (χ2v) is 6.86. The minimum atomic E-state index is -0.554. The number of hydrogen-bond donors (Lipinski definition) is 1. The molecule has 150 valence electrons. The molecular formula is C22H27ClN2O3. The maximum atomic E-state index is 13.2. The van der Waals surface area contributed by atoms with E-state index in [2.05, 4.69) is 5.32 Å². The lowest BCUT2D eigenvalue weighted by Gasteiger charge is -2.31. The van der Waals surface area contributed by atoms with Crippen LogP contribution in [0.25, 0.3) is 0 Å². The Morgan fingerprint density at radius 2 is 1.79 bits per heavy atom. The Morgan fingerprint density at radius 3 is 2.36 bits per heavy atom. The zero-order valence-electron chi connectivity index (χ0n) is 16.6. The lowest BCUT2D eigenvalue weighted by molar-refractivity contribution is -0.140. The van der Waals surface area contributed by atoms with Crippen molar-refractivity contribution in [1.82, 2.24) is 10.2 Å². The van der Waals surface area contributed by atoms with Gasteiger partial charge in [-0.3, -0.25) is 9.59 Å². The first-order chi connectivity index (χ1) is 13.5. The van der Waals surface area contributed by atoms with Gasteiger partial charge in [-0.1, -0.05) is 48.9 Å². The topological polar surface area (TPSA) is 58.6 Å². The molecule has 0 unspecified atom stereocenters. The van der Waals surface area contributed by atoms with Gasteiger partial charge in [0.2, 0.25) is 11.8 Å². The number of nitrogens with one attached hydrogen (secondary N) is 1. The summed E-state index contributed by atoms with van der Waals surface area (Å²) in [6, 6.07) is 14.2. The Labute approximate surface area is 171 Å². The van der Waals surface area contributed by atoms with Gasteiger partial charge in [-0.25, -0.2) is 0 Å². The summed E-state index contributed by atoms with van der Waals surface area (Å²) in [4.78, 5) is 27.4. The van der Waals surface area contributed by atoms with E-state index in [-0.39, 0.29) is 24.8 Å². The molecule has 2 rings (SSSR count). The van der Waals surface area contributed by atoms with Crippen LogP contribution in [0.3, 0.4) is 0 Å². The molecule has 0 saturated carbocycles. The Bertz CT molecular complexity index is 793. The number of hydrogen-bond acceptors (Lipinski definition) is 3. The molecule has 0 bridgehead atoms. The van der Waals surface area contributed by atoms with Crippen LogP contribution in [0.4, 0.5) is 0 Å². The van der Waals surface area contributed by atoms with Crippen LogP contribution in [0.2, 0.25) is 5.02 Å². The highest BCUT2D eigenvalue weighted by Gasteiger charge is 2.28. The number of carbonyl (C=O) groups excluding carboxylic acids is 2. The number of amides is 2. The molecule has 2 amide bonds. The normalized spacial score (nSPS) is 11.6. The van der Waals surface area contributed by atoms with Crippen molar-refractivity contribution in [3.8, 4) is 5.75 Å². The molecule has 5 nitrogen and oxygen atoms in total. The van der Waals surface area contributed by atoms with Crippen LogP contribution in [0, 0.1) is 0 Å². The summed E-state index contributed by atoms with van der Waals surface area (Å²) in [7, 11) is 1.60. The predicted molar refractivity (Wildman–Crippen MR) is 111 cm³/mol. The van der Waals surface area contributed by atoms with Gasteiger partial charge >= 0.3 is 0 Å². The van der Waals surface area contributed by atoms with Crippen LogP contribution in [0.5, 0.6) is 5.75 Å². The minimum Gasteiger partial charge on any atom is -0.497 e. The van der Waals surface area contributed by atoms with Crippen LogP contribution < -0.4 is 10.1 Å². The van der Waals surface area contributed by atoms with E-state index < -0.39 is 6.04 Å². The molecular weight excluding hydrogens is 376 g/mol. The zero-order chi connectivity index (χ0) is 20.5. The summed E-state index contributed by atoms with van der Waals surface area (Å²) in [5, 5.41) is 3.41. The molecule has 2 aromatic carbocycles. The Hall–Kier alpha value is -2.53. The number of likely N-dealkylation sites (N-methyl/N-ethyl adjacent to an activating group) is 1. The summed E-state index contributed by atoms with van der Waals surface area (Å²) in [5.74, 6) is 0.459. The van der Waals surface area contributed by atoms with E-state index in [0.717, 1.165) is 16.9 Å². The van der Waals surface area contributed by atoms with Gasteiger partial charge in [0.25, 0.3) is 0 Å². The summed E-state index contributed by atoms with van der Waals surface area (Å²) in [5.41, 5.74) is 1.68. The number of carbonyl (C=O) groups is 2. The Morgan fingerprint density at radius 1 is 1.11 bits per heavy atom. The number of halogens is 1. The van der Waals surface area contributed by atoms with Crippen LogP contribution in [-0.2, 0) is 22.6 Å². The molecule has 2 aromatic rings. The van der Waals surface area contributed by atoms with E-state index >= 15 is 0 Å². The smallest absolute Gasteiger partial charge is 0.242 e. The molecule has 0 spiro atoms. The first kappa shape index (κ1) is 21.8. The van der Waals surface area contributed by atoms with Crippen molar-refractivity contribution in [1.29, 1.82) is 0 Å². The average Bonchev–Trinajstić information content (AvgIpc) is 2.70. The van der Waals surface area contributed by atoms with Crippen LogP contribution in [0.1, 0.15) is 31.4 Å². The van der Waals surface area contributed by atoms with Crippen LogP contribution >= 0.6 is 11.6 Å². The van der Waals surface area contributed by atoms with E-state index in [9.17, 15) is 9.59 Å². The SMILES string of the molecule is CCNC(=O)[C@H](CC)N(Cc1ccccc1Cl)C(=O)Cc1ccc(OC)cc1. The van der Waals surface area contributed by atoms with Crippen molar-refractivity contribution in [3.63, 3.8) is 0 Å². The highest BCUT2D eigenvalue weighted by Crippen LogP contribution is 2.21. The molecule has 0 aromatic heterocycles. The zero-order valence-corrected chi connectivity index (χ0v) is 17.3. The van der Waals surface area contributed by atoms with Crippen LogP contribution in [-0.4, -0.2) is 36.4 Å². The predicted octanol–water partition coefficient (Wildman–Crippen LogP) is 3.83. The molecule has 0 radical (unpaired) electrons. The van der Waals surface area contributed by atoms with Gasteiger partial charge in [0.1, 0.15) is 11.8 Å². The number of benzene rings is 2. The Balaban J connectivity index is 2.28. The third-order valence-corrected chi connectivity index (χ3v) is 4.92. The van der Waals surface area contributed by atoms with Crippen molar-refractivity contribution < 1.29 is 14.3 Å². The quantitative estimate of drug-likeness (QED) is 0.693. The molecule has 28 heavy (non-hydrogen) atoms. The van der Waals surface area contributed by atoms with Crippen molar-refractivity contribution >= 4 is 23.4 Å². The molecule has 1 atom stereocenters. The summed E-state index contributed by atoms with van der Waals surface area (Å²) < 4.78 is 5.16. The van der Waals surface area contributed by atoms with Crippen molar-refractivity contribution in [2.45, 2.75) is 39.3 Å². The highest BCUT2D eigenvalue weighted by molar-refractivity contribution is 6.31. The van der Waals surface area contributed by atoms with Gasteiger partial charge < -0.3 is 15.0 Å². The largest absolute Gasteiger partial charge is 0.497 e. The maximum Gasteiger partial charge on any atom is 0.242 e. The van der Waals surface area contributed by atoms with Crippen molar-refractivity contribution in [2.75, 3.05) is 13.7 Å². The molecule has 0 aliphatic rings. The van der Waals surface area contributed by atoms with Gasteiger partial charge in [0, 0.05) is 18.1 Å². The molecule has 1 N–H and O–H groups in total. The molecule has 6 heteroatoms. The van der Waals surface area contributed by atoms with Crippen molar-refractivity contribution in [2.24, 2.45) is 0 Å². The number of methoxy groups -OCH3 is 1. The second-order valence-electron chi connectivity index (χ2n) is 6.46. The van der Waals surface area contributed by atoms with Gasteiger partial charge in [-0.05, 0) is 42.7 Å². The number of nitrogens with zero attached hydrogens (tertiary/aromatic N) is 1. The van der Waals surface area contributed by atoms with Gasteiger partial charge in [0.05, 0.1) is 13.5 Å². The van der Waals surface area contributed by atoms with Gasteiger partial charge in [-0.15, -0.1) is 0 Å². The molecule has 0 fully saturated rings. The van der Waals surface area contributed by atoms with Gasteiger partial charge in [-0.2, -0.15) is 0 Å². The minimum absolute atomic E-state index is 0.122. The first-order valence-corrected chi connectivity index (χ1v) is 9.81. The fourth-order valence-electron chi connectivity index (χ4n) is 3.04. The fraction of sp³-hybridized carbons (Fsp3) is 0.364. The molecule has 0 aliphatic heterocycles. The summed E-state index contributed by atoms with van der Waals surface area (Å²) in [6.07, 6.45) is 0.717. The number of ether oxygens (including phenoxy) is 1. The monoisotopic (exact) mass is 402 g/mol. The van der Waals surface area contributed by atoms with E-state index in [1.165, 1.54) is 0 Å². The first-order valence-electron chi connectivity index (χ1n) is 9.43. The summed E-state index contributed by atoms with van der Waals surface area (Å²) >= 11 is 6.30. The second kappa shape index (κ2) is 10.7. The maximum absolute atomic E-state index is 13.2. The van der Waals surface area contributed by atoms with Crippen molar-refractivity contribution in [3.05, 3.63) is 64.7 Å². The van der Waals surface area contributed by atoms with E-state index in [4.69, 9.17) is 16.3 Å². The highest BCUT2D eigenvalue weighted by atomic mass is 35.5. The standard InChI is InChI=1S/C22H27ClN2O3/c1-4-20(22(27)24-5-2)25(15-17-8-6-7-9-19(17)23)21(26)14-16-10-12-18(28-3)13-11-16/h6-13,20H,4-5,14-15H2,1-3H3,(H,24,27)/t20-/m0/s1. The fourth-order valence-corrected chi connectivity index (χ4v) is 3.24. The average molecular weight is 403 g/mol. The van der Waals surface area contributed by atoms with E-state index in [1.54, 1.807) is 18.1 Å². The van der Waals surface area contributed by atoms with Crippen LogP contribution in [0.15, 0.2) is 48.5 Å². The van der Waals surface area contributed by atoms with E-state index in [0.29, 0.717) is 18.0 Å².